The first-order valence-electron chi connectivity index (χ1n) is 11.7. The molecule has 0 aliphatic carbocycles. The number of benzene rings is 2. The van der Waals surface area contributed by atoms with E-state index in [4.69, 9.17) is 21.1 Å². The summed E-state index contributed by atoms with van der Waals surface area (Å²) in [7, 11) is 0. The summed E-state index contributed by atoms with van der Waals surface area (Å²) in [6.07, 6.45) is 0.741. The number of hydrogen-bond donors (Lipinski definition) is 1. The third kappa shape index (κ3) is 5.81. The maximum Gasteiger partial charge on any atom is 0.410 e. The summed E-state index contributed by atoms with van der Waals surface area (Å²) in [5.74, 6) is -0.283. The van der Waals surface area contributed by atoms with Crippen molar-refractivity contribution in [2.24, 2.45) is 0 Å². The number of nitrogens with one attached hydrogen (secondary N) is 1. The first-order valence-corrected chi connectivity index (χ1v) is 12.8. The standard InChI is InChI=1S/C26H30BrClFN3O3/c1-16(20-13-18(28)14-21-22(20)30-31-23(21)27)34-15-26(17-5-7-19(29)8-6-17)9-11-32(12-10-26)24(33)35-25(2,3)4/h5-8,13-14,16H,9-12,15H2,1-4H3,(H,30,31)/t16-/m0/s1. The molecule has 1 saturated heterocycles. The summed E-state index contributed by atoms with van der Waals surface area (Å²) in [5.41, 5.74) is 1.75. The molecule has 1 amide bonds. The van der Waals surface area contributed by atoms with Gasteiger partial charge in [-0.3, -0.25) is 5.10 Å². The van der Waals surface area contributed by atoms with E-state index >= 15 is 0 Å². The van der Waals surface area contributed by atoms with Crippen molar-refractivity contribution in [3.8, 4) is 0 Å². The van der Waals surface area contributed by atoms with Crippen molar-refractivity contribution in [3.05, 3.63) is 63.0 Å². The number of fused-ring (bicyclic) bond motifs is 1. The van der Waals surface area contributed by atoms with E-state index in [1.165, 1.54) is 12.1 Å². The van der Waals surface area contributed by atoms with Gasteiger partial charge in [-0.25, -0.2) is 9.18 Å². The Bertz CT molecular complexity index is 1200. The fraction of sp³-hybridized carbons (Fsp3) is 0.462. The number of rotatable bonds is 5. The van der Waals surface area contributed by atoms with Crippen LogP contribution in [0.4, 0.5) is 9.18 Å². The molecule has 0 radical (unpaired) electrons. The molecule has 0 bridgehead atoms. The van der Waals surface area contributed by atoms with Crippen molar-refractivity contribution in [2.75, 3.05) is 19.7 Å². The van der Waals surface area contributed by atoms with Crippen LogP contribution in [0.5, 0.6) is 0 Å². The van der Waals surface area contributed by atoms with Crippen LogP contribution in [0, 0.1) is 5.82 Å². The zero-order chi connectivity index (χ0) is 25.4. The van der Waals surface area contributed by atoms with Crippen molar-refractivity contribution in [3.63, 3.8) is 0 Å². The lowest BCUT2D eigenvalue weighted by atomic mass is 9.73. The Morgan fingerprint density at radius 3 is 2.54 bits per heavy atom. The Hall–Kier alpha value is -2.16. The van der Waals surface area contributed by atoms with Gasteiger partial charge in [-0.2, -0.15) is 5.10 Å². The van der Waals surface area contributed by atoms with Gasteiger partial charge in [0.2, 0.25) is 0 Å². The van der Waals surface area contributed by atoms with Crippen molar-refractivity contribution >= 4 is 44.5 Å². The molecule has 1 aliphatic rings. The van der Waals surface area contributed by atoms with E-state index in [1.54, 1.807) is 4.90 Å². The predicted octanol–water partition coefficient (Wildman–Crippen LogP) is 7.16. The molecule has 1 N–H and O–H groups in total. The highest BCUT2D eigenvalue weighted by atomic mass is 79.9. The fourth-order valence-electron chi connectivity index (χ4n) is 4.53. The van der Waals surface area contributed by atoms with Crippen LogP contribution >= 0.6 is 27.5 Å². The molecule has 3 aromatic rings. The van der Waals surface area contributed by atoms with Crippen molar-refractivity contribution < 1.29 is 18.7 Å². The smallest absolute Gasteiger partial charge is 0.410 e. The van der Waals surface area contributed by atoms with Crippen LogP contribution in [0.25, 0.3) is 10.9 Å². The lowest BCUT2D eigenvalue weighted by molar-refractivity contribution is -0.00933. The van der Waals surface area contributed by atoms with Gasteiger partial charge >= 0.3 is 6.09 Å². The van der Waals surface area contributed by atoms with Gasteiger partial charge in [-0.15, -0.1) is 0 Å². The van der Waals surface area contributed by atoms with Gasteiger partial charge in [0, 0.05) is 34.5 Å². The average molecular weight is 567 g/mol. The number of carbonyl (C=O) groups is 1. The molecule has 35 heavy (non-hydrogen) atoms. The number of amides is 1. The molecule has 4 rings (SSSR count). The summed E-state index contributed by atoms with van der Waals surface area (Å²) in [4.78, 5) is 14.3. The van der Waals surface area contributed by atoms with E-state index in [2.05, 4.69) is 26.1 Å². The van der Waals surface area contributed by atoms with Gasteiger partial charge in [0.05, 0.1) is 18.2 Å². The maximum absolute atomic E-state index is 13.7. The number of carbonyl (C=O) groups excluding carboxylic acids is 1. The second-order valence-corrected chi connectivity index (χ2v) is 11.4. The molecule has 2 heterocycles. The fourth-order valence-corrected chi connectivity index (χ4v) is 5.14. The lowest BCUT2D eigenvalue weighted by Gasteiger charge is -2.42. The number of likely N-dealkylation sites (tertiary alicyclic amines) is 1. The van der Waals surface area contributed by atoms with Crippen molar-refractivity contribution in [1.29, 1.82) is 0 Å². The number of ether oxygens (including phenoxy) is 2. The molecule has 0 saturated carbocycles. The normalized spacial score (nSPS) is 16.9. The van der Waals surface area contributed by atoms with Crippen molar-refractivity contribution in [2.45, 2.75) is 57.7 Å². The van der Waals surface area contributed by atoms with Gasteiger partial charge in [-0.1, -0.05) is 23.7 Å². The zero-order valence-electron chi connectivity index (χ0n) is 20.3. The molecule has 1 fully saturated rings. The van der Waals surface area contributed by atoms with Crippen LogP contribution < -0.4 is 0 Å². The van der Waals surface area contributed by atoms with Crippen LogP contribution in [0.15, 0.2) is 41.0 Å². The second kappa shape index (κ2) is 10.1. The Morgan fingerprint density at radius 2 is 1.91 bits per heavy atom. The minimum atomic E-state index is -0.551. The highest BCUT2D eigenvalue weighted by Gasteiger charge is 2.39. The highest BCUT2D eigenvalue weighted by molar-refractivity contribution is 9.10. The molecule has 1 atom stereocenters. The monoisotopic (exact) mass is 565 g/mol. The highest BCUT2D eigenvalue weighted by Crippen LogP contribution is 2.39. The quantitative estimate of drug-likeness (QED) is 0.356. The number of hydrogen-bond acceptors (Lipinski definition) is 4. The molecular formula is C26H30BrClFN3O3. The topological polar surface area (TPSA) is 67.4 Å². The maximum atomic E-state index is 13.7. The van der Waals surface area contributed by atoms with Crippen LogP contribution in [-0.2, 0) is 14.9 Å². The molecule has 188 valence electrons. The van der Waals surface area contributed by atoms with E-state index in [-0.39, 0.29) is 23.4 Å². The van der Waals surface area contributed by atoms with Gasteiger partial charge in [0.15, 0.2) is 0 Å². The van der Waals surface area contributed by atoms with E-state index in [9.17, 15) is 9.18 Å². The van der Waals surface area contributed by atoms with Crippen LogP contribution in [0.1, 0.15) is 57.8 Å². The Kier molecular flexibility index (Phi) is 7.46. The molecular weight excluding hydrogens is 537 g/mol. The van der Waals surface area contributed by atoms with Gasteiger partial charge in [0.1, 0.15) is 16.0 Å². The van der Waals surface area contributed by atoms with Crippen molar-refractivity contribution in [1.82, 2.24) is 15.1 Å². The van der Waals surface area contributed by atoms with Gasteiger partial charge in [-0.05, 0) is 86.3 Å². The van der Waals surface area contributed by atoms with E-state index in [0.29, 0.717) is 37.6 Å². The molecule has 6 nitrogen and oxygen atoms in total. The number of halogens is 3. The van der Waals surface area contributed by atoms with Crippen LogP contribution in [0.2, 0.25) is 5.02 Å². The predicted molar refractivity (Wildman–Crippen MR) is 138 cm³/mol. The summed E-state index contributed by atoms with van der Waals surface area (Å²) in [5, 5.41) is 8.84. The first-order chi connectivity index (χ1) is 16.5. The van der Waals surface area contributed by atoms with Crippen LogP contribution in [0.3, 0.4) is 0 Å². The Morgan fingerprint density at radius 1 is 1.26 bits per heavy atom. The summed E-state index contributed by atoms with van der Waals surface area (Å²) in [6.45, 7) is 9.01. The zero-order valence-corrected chi connectivity index (χ0v) is 22.7. The van der Waals surface area contributed by atoms with E-state index in [0.717, 1.165) is 26.6 Å². The first kappa shape index (κ1) is 25.9. The number of aromatic amines is 1. The number of piperidine rings is 1. The molecule has 1 aliphatic heterocycles. The molecule has 0 unspecified atom stereocenters. The second-order valence-electron chi connectivity index (χ2n) is 10.1. The SMILES string of the molecule is C[C@H](OCC1(c2ccc(F)cc2)CCN(C(=O)OC(C)(C)C)CC1)c1cc(Cl)cc2c(Br)[nH]nc12. The summed E-state index contributed by atoms with van der Waals surface area (Å²) in [6, 6.07) is 10.3. The van der Waals surface area contributed by atoms with Gasteiger partial charge < -0.3 is 14.4 Å². The summed E-state index contributed by atoms with van der Waals surface area (Å²) < 4.78 is 26.5. The Balaban J connectivity index is 1.55. The third-order valence-corrected chi connectivity index (χ3v) is 7.31. The summed E-state index contributed by atoms with van der Waals surface area (Å²) >= 11 is 9.85. The minimum absolute atomic E-state index is 0.283. The molecule has 2 aromatic carbocycles. The molecule has 1 aromatic heterocycles. The largest absolute Gasteiger partial charge is 0.444 e. The average Bonchev–Trinajstić information content (AvgIpc) is 3.17. The van der Waals surface area contributed by atoms with Crippen LogP contribution in [-0.4, -0.2) is 46.5 Å². The van der Waals surface area contributed by atoms with Gasteiger partial charge in [0.25, 0.3) is 0 Å². The van der Waals surface area contributed by atoms with E-state index < -0.39 is 5.60 Å². The van der Waals surface area contributed by atoms with E-state index in [1.807, 2.05) is 52.0 Å². The molecule has 0 spiro atoms. The minimum Gasteiger partial charge on any atom is -0.444 e. The Labute approximate surface area is 218 Å². The number of aromatic nitrogens is 2. The number of H-pyrrole nitrogens is 1. The number of nitrogens with zero attached hydrogens (tertiary/aromatic N) is 2. The lowest BCUT2D eigenvalue weighted by Crippen LogP contribution is -2.48. The third-order valence-electron chi connectivity index (χ3n) is 6.48. The molecule has 9 heteroatoms.